The number of carbonyl (C=O) groups excluding carboxylic acids is 1. The number of ketones is 1. The fourth-order valence-electron chi connectivity index (χ4n) is 0.479. The van der Waals surface area contributed by atoms with Crippen LogP contribution in [-0.4, -0.2) is 12.0 Å². The van der Waals surface area contributed by atoms with E-state index in [0.717, 1.165) is 0 Å². The zero-order valence-corrected chi connectivity index (χ0v) is 4.42. The molecule has 0 N–H and O–H groups in total. The lowest BCUT2D eigenvalue weighted by Crippen LogP contribution is -2.00. The molecule has 0 bridgehead atoms. The zero-order valence-electron chi connectivity index (χ0n) is 4.42. The van der Waals surface area contributed by atoms with Gasteiger partial charge < -0.3 is 0 Å². The normalized spacial score (nSPS) is 18.6. The van der Waals surface area contributed by atoms with Crippen LogP contribution in [0.25, 0.3) is 0 Å². The van der Waals surface area contributed by atoms with Gasteiger partial charge in [0, 0.05) is 12.1 Å². The molecule has 1 aliphatic rings. The first kappa shape index (κ1) is 5.22. The van der Waals surface area contributed by atoms with Gasteiger partial charge in [-0.25, -0.2) is 0 Å². The van der Waals surface area contributed by atoms with Gasteiger partial charge in [0.25, 0.3) is 0 Å². The van der Waals surface area contributed by atoms with Gasteiger partial charge in [-0.2, -0.15) is 0 Å². The van der Waals surface area contributed by atoms with Crippen molar-refractivity contribution in [2.75, 3.05) is 0 Å². The monoisotopic (exact) mass is 108 g/mol. The minimum Gasteiger partial charge on any atom is -0.293 e. The first-order valence-electron chi connectivity index (χ1n) is 2.38. The number of hydrogen-bond acceptors (Lipinski definition) is 2. The molecule has 0 atom stereocenters. The van der Waals surface area contributed by atoms with Gasteiger partial charge in [0.15, 0.2) is 5.78 Å². The molecule has 2 nitrogen and oxygen atoms in total. The van der Waals surface area contributed by atoms with Crippen LogP contribution in [0.1, 0.15) is 6.42 Å². The third-order valence-electron chi connectivity index (χ3n) is 0.913. The Bertz CT molecular complexity index is 165. The van der Waals surface area contributed by atoms with Crippen molar-refractivity contribution in [2.45, 2.75) is 6.42 Å². The summed E-state index contributed by atoms with van der Waals surface area (Å²) >= 11 is 0. The Morgan fingerprint density at radius 2 is 2.50 bits per heavy atom. The number of nitrogens with zero attached hydrogens (tertiary/aromatic N) is 1. The van der Waals surface area contributed by atoms with E-state index in [-0.39, 0.29) is 5.78 Å². The molecule has 1 radical (unpaired) electrons. The average molecular weight is 108 g/mol. The van der Waals surface area contributed by atoms with Gasteiger partial charge in [-0.05, 0) is 6.92 Å². The molecule has 0 aromatic heterocycles. The van der Waals surface area contributed by atoms with Gasteiger partial charge in [0.2, 0.25) is 0 Å². The minimum atomic E-state index is 0.0531. The van der Waals surface area contributed by atoms with Crippen molar-refractivity contribution < 1.29 is 4.79 Å². The van der Waals surface area contributed by atoms with E-state index < -0.39 is 0 Å². The minimum absolute atomic E-state index is 0.0531. The number of carbonyl (C=O) groups is 1. The summed E-state index contributed by atoms with van der Waals surface area (Å²) < 4.78 is 0. The van der Waals surface area contributed by atoms with Crippen molar-refractivity contribution >= 4 is 12.0 Å². The molecular formula is C6H6NO. The molecule has 0 fully saturated rings. The lowest BCUT2D eigenvalue weighted by Gasteiger charge is -1.95. The molecule has 41 valence electrons. The van der Waals surface area contributed by atoms with Gasteiger partial charge in [-0.15, -0.1) is 0 Å². The summed E-state index contributed by atoms with van der Waals surface area (Å²) in [7, 11) is 0. The van der Waals surface area contributed by atoms with E-state index in [1.807, 2.05) is 0 Å². The molecule has 1 heterocycles. The second-order valence-corrected chi connectivity index (χ2v) is 1.62. The summed E-state index contributed by atoms with van der Waals surface area (Å²) in [5.41, 5.74) is 0.685. The van der Waals surface area contributed by atoms with Crippen molar-refractivity contribution in [1.29, 1.82) is 0 Å². The number of Topliss-reactive ketones (excluding diaryl/α,β-unsaturated/α-hetero) is 1. The first-order chi connectivity index (χ1) is 3.79. The van der Waals surface area contributed by atoms with E-state index in [4.69, 9.17) is 0 Å². The maximum atomic E-state index is 10.4. The predicted molar refractivity (Wildman–Crippen MR) is 31.6 cm³/mol. The Balaban J connectivity index is 2.71. The molecule has 0 unspecified atom stereocenters. The van der Waals surface area contributed by atoms with E-state index in [9.17, 15) is 4.79 Å². The van der Waals surface area contributed by atoms with E-state index in [2.05, 4.69) is 11.9 Å². The van der Waals surface area contributed by atoms with Crippen LogP contribution in [-0.2, 0) is 4.79 Å². The fraction of sp³-hybridized carbons (Fsp3) is 0.167. The fourth-order valence-corrected chi connectivity index (χ4v) is 0.479. The summed E-state index contributed by atoms with van der Waals surface area (Å²) in [6, 6.07) is 0. The highest BCUT2D eigenvalue weighted by atomic mass is 16.1. The Hall–Kier alpha value is -0.920. The Morgan fingerprint density at radius 1 is 1.75 bits per heavy atom. The van der Waals surface area contributed by atoms with Gasteiger partial charge in [-0.1, -0.05) is 6.08 Å². The van der Waals surface area contributed by atoms with Gasteiger partial charge in [0.1, 0.15) is 0 Å². The smallest absolute Gasteiger partial charge is 0.177 e. The van der Waals surface area contributed by atoms with Crippen LogP contribution in [0.15, 0.2) is 16.8 Å². The van der Waals surface area contributed by atoms with E-state index in [0.29, 0.717) is 12.1 Å². The van der Waals surface area contributed by atoms with Crippen molar-refractivity contribution in [2.24, 2.45) is 4.99 Å². The van der Waals surface area contributed by atoms with Crippen LogP contribution in [0.4, 0.5) is 0 Å². The highest BCUT2D eigenvalue weighted by Crippen LogP contribution is 2.00. The predicted octanol–water partition coefficient (Wildman–Crippen LogP) is 0.748. The first-order valence-corrected chi connectivity index (χ1v) is 2.38. The molecule has 2 heteroatoms. The summed E-state index contributed by atoms with van der Waals surface area (Å²) in [4.78, 5) is 14.1. The summed E-state index contributed by atoms with van der Waals surface area (Å²) in [6.45, 7) is 3.54. The average Bonchev–Trinajstić information content (AvgIpc) is 1.77. The van der Waals surface area contributed by atoms with Crippen LogP contribution in [0, 0.1) is 6.92 Å². The van der Waals surface area contributed by atoms with Crippen molar-refractivity contribution in [3.8, 4) is 0 Å². The molecular weight excluding hydrogens is 102 g/mol. The van der Waals surface area contributed by atoms with E-state index >= 15 is 0 Å². The Labute approximate surface area is 47.9 Å². The lowest BCUT2D eigenvalue weighted by atomic mass is 10.2. The molecule has 1 rings (SSSR count). The molecule has 0 aliphatic carbocycles. The van der Waals surface area contributed by atoms with Crippen LogP contribution < -0.4 is 0 Å². The third kappa shape index (κ3) is 1.03. The topological polar surface area (TPSA) is 29.4 Å². The van der Waals surface area contributed by atoms with Crippen molar-refractivity contribution in [3.05, 3.63) is 18.7 Å². The third-order valence-corrected chi connectivity index (χ3v) is 0.913. The standard InChI is InChI=1S/C6H6NO/c1-5-2-3-6(8)4-7-5/h2,4H,1,3H2. The molecule has 0 spiro atoms. The van der Waals surface area contributed by atoms with E-state index in [1.165, 1.54) is 6.21 Å². The van der Waals surface area contributed by atoms with Gasteiger partial charge in [-0.3, -0.25) is 9.79 Å². The van der Waals surface area contributed by atoms with Crippen LogP contribution in [0.5, 0.6) is 0 Å². The molecule has 0 aromatic carbocycles. The maximum Gasteiger partial charge on any atom is 0.177 e. The maximum absolute atomic E-state index is 10.4. The molecule has 0 amide bonds. The SMILES string of the molecule is [CH2]C1=CCC(=O)C=N1. The number of allylic oxidation sites excluding steroid dienone is 2. The summed E-state index contributed by atoms with van der Waals surface area (Å²) in [6.07, 6.45) is 3.48. The largest absolute Gasteiger partial charge is 0.293 e. The quantitative estimate of drug-likeness (QED) is 0.450. The molecule has 8 heavy (non-hydrogen) atoms. The summed E-state index contributed by atoms with van der Waals surface area (Å²) in [5.74, 6) is 0.0531. The van der Waals surface area contributed by atoms with Gasteiger partial charge >= 0.3 is 0 Å². The van der Waals surface area contributed by atoms with Crippen molar-refractivity contribution in [3.63, 3.8) is 0 Å². The summed E-state index contributed by atoms with van der Waals surface area (Å²) in [5, 5.41) is 0. The number of hydrogen-bond donors (Lipinski definition) is 0. The molecule has 1 aliphatic heterocycles. The van der Waals surface area contributed by atoms with Crippen LogP contribution in [0.2, 0.25) is 0 Å². The number of rotatable bonds is 0. The molecule has 0 saturated carbocycles. The lowest BCUT2D eigenvalue weighted by molar-refractivity contribution is -0.111. The number of aliphatic imine (C=N–C) groups is 1. The van der Waals surface area contributed by atoms with E-state index in [1.54, 1.807) is 6.08 Å². The zero-order chi connectivity index (χ0) is 5.98. The molecule has 0 saturated heterocycles. The van der Waals surface area contributed by atoms with Crippen LogP contribution >= 0.6 is 0 Å². The highest BCUT2D eigenvalue weighted by molar-refractivity contribution is 6.28. The second kappa shape index (κ2) is 1.90. The Morgan fingerprint density at radius 3 is 2.88 bits per heavy atom. The van der Waals surface area contributed by atoms with Gasteiger partial charge in [0.05, 0.1) is 6.21 Å². The molecule has 0 aromatic rings. The van der Waals surface area contributed by atoms with Crippen LogP contribution in [0.3, 0.4) is 0 Å². The van der Waals surface area contributed by atoms with Crippen molar-refractivity contribution in [1.82, 2.24) is 0 Å². The highest BCUT2D eigenvalue weighted by Gasteiger charge is 1.98. The Kier molecular flexibility index (Phi) is 1.24. The second-order valence-electron chi connectivity index (χ2n) is 1.62.